The van der Waals surface area contributed by atoms with Crippen LogP contribution in [-0.4, -0.2) is 38.0 Å². The van der Waals surface area contributed by atoms with Crippen LogP contribution in [0.3, 0.4) is 0 Å². The van der Waals surface area contributed by atoms with Crippen molar-refractivity contribution in [3.05, 3.63) is 59.5 Å². The van der Waals surface area contributed by atoms with E-state index in [4.69, 9.17) is 26.1 Å². The number of rotatable bonds is 4. The average molecular weight is 442 g/mol. The molecular formula is C24H28ClN3O3. The minimum atomic E-state index is -1.15. The van der Waals surface area contributed by atoms with Crippen molar-refractivity contribution in [1.29, 1.82) is 0 Å². The van der Waals surface area contributed by atoms with Crippen LogP contribution in [0.15, 0.2) is 48.8 Å². The lowest BCUT2D eigenvalue weighted by Crippen LogP contribution is -2.52. The molecule has 0 spiro atoms. The van der Waals surface area contributed by atoms with Crippen LogP contribution >= 0.6 is 11.6 Å². The second kappa shape index (κ2) is 7.62. The van der Waals surface area contributed by atoms with Crippen molar-refractivity contribution < 1.29 is 14.6 Å². The molecular weight excluding hydrogens is 414 g/mol. The van der Waals surface area contributed by atoms with Gasteiger partial charge in [-0.05, 0) is 64.1 Å². The van der Waals surface area contributed by atoms with Crippen LogP contribution in [0.25, 0.3) is 17.1 Å². The lowest BCUT2D eigenvalue weighted by molar-refractivity contribution is -0.224. The van der Waals surface area contributed by atoms with E-state index >= 15 is 0 Å². The van der Waals surface area contributed by atoms with E-state index in [1.807, 2.05) is 74.9 Å². The molecule has 0 bridgehead atoms. The standard InChI is InChI=1S/C24H28ClN3O3/c1-22(2)14-24(29,15-23(3,4)31-22)19-13-28(17-10-8-16(25)9-11-17)20(27-19)18-7-6-12-26-21(18)30-5/h6-13,29H,14-15H2,1-5H3. The maximum absolute atomic E-state index is 11.8. The van der Waals surface area contributed by atoms with Gasteiger partial charge in [0.1, 0.15) is 11.4 Å². The van der Waals surface area contributed by atoms with Gasteiger partial charge in [0.2, 0.25) is 5.88 Å². The van der Waals surface area contributed by atoms with E-state index in [2.05, 4.69) is 4.98 Å². The molecule has 0 atom stereocenters. The number of imidazole rings is 1. The molecule has 0 saturated carbocycles. The fourth-order valence-corrected chi connectivity index (χ4v) is 4.91. The molecule has 0 aliphatic carbocycles. The Labute approximate surface area is 187 Å². The Morgan fingerprint density at radius 3 is 2.32 bits per heavy atom. The maximum Gasteiger partial charge on any atom is 0.224 e. The first-order valence-corrected chi connectivity index (χ1v) is 10.7. The van der Waals surface area contributed by atoms with Gasteiger partial charge in [0.15, 0.2) is 0 Å². The number of methoxy groups -OCH3 is 1. The Bertz CT molecular complexity index is 1070. The smallest absolute Gasteiger partial charge is 0.224 e. The second-order valence-electron chi connectivity index (χ2n) is 9.36. The highest BCUT2D eigenvalue weighted by atomic mass is 35.5. The molecule has 6 nitrogen and oxygen atoms in total. The van der Waals surface area contributed by atoms with Gasteiger partial charge >= 0.3 is 0 Å². The van der Waals surface area contributed by atoms with E-state index in [1.54, 1.807) is 13.3 Å². The number of hydrogen-bond donors (Lipinski definition) is 1. The summed E-state index contributed by atoms with van der Waals surface area (Å²) in [5, 5.41) is 12.4. The van der Waals surface area contributed by atoms with Gasteiger partial charge in [-0.15, -0.1) is 0 Å². The summed E-state index contributed by atoms with van der Waals surface area (Å²) in [6.45, 7) is 8.00. The van der Waals surface area contributed by atoms with E-state index in [1.165, 1.54) is 0 Å². The van der Waals surface area contributed by atoms with Crippen molar-refractivity contribution in [2.45, 2.75) is 57.3 Å². The van der Waals surface area contributed by atoms with E-state index < -0.39 is 16.8 Å². The molecule has 164 valence electrons. The molecule has 1 saturated heterocycles. The molecule has 7 heteroatoms. The van der Waals surface area contributed by atoms with Crippen molar-refractivity contribution in [2.24, 2.45) is 0 Å². The molecule has 3 aromatic rings. The molecule has 1 fully saturated rings. The van der Waals surface area contributed by atoms with Crippen LogP contribution in [-0.2, 0) is 10.3 Å². The van der Waals surface area contributed by atoms with Gasteiger partial charge in [0, 0.05) is 35.9 Å². The third kappa shape index (κ3) is 4.33. The SMILES string of the molecule is COc1ncccc1-c1nc(C2(O)CC(C)(C)OC(C)(C)C2)cn1-c1ccc(Cl)cc1. The van der Waals surface area contributed by atoms with Crippen molar-refractivity contribution in [3.8, 4) is 23.0 Å². The van der Waals surface area contributed by atoms with Gasteiger partial charge in [0.25, 0.3) is 0 Å². The number of hydrogen-bond acceptors (Lipinski definition) is 5. The fourth-order valence-electron chi connectivity index (χ4n) is 4.79. The second-order valence-corrected chi connectivity index (χ2v) is 9.80. The van der Waals surface area contributed by atoms with Crippen molar-refractivity contribution in [3.63, 3.8) is 0 Å². The number of aromatic nitrogens is 3. The third-order valence-corrected chi connectivity index (χ3v) is 5.73. The lowest BCUT2D eigenvalue weighted by atomic mass is 9.76. The predicted molar refractivity (Wildman–Crippen MR) is 121 cm³/mol. The highest BCUT2D eigenvalue weighted by molar-refractivity contribution is 6.30. The van der Waals surface area contributed by atoms with Crippen LogP contribution in [0.2, 0.25) is 5.02 Å². The van der Waals surface area contributed by atoms with E-state index in [0.29, 0.717) is 35.3 Å². The van der Waals surface area contributed by atoms with Crippen LogP contribution < -0.4 is 4.74 Å². The zero-order valence-corrected chi connectivity index (χ0v) is 19.3. The summed E-state index contributed by atoms with van der Waals surface area (Å²) in [5.41, 5.74) is 0.0680. The summed E-state index contributed by atoms with van der Waals surface area (Å²) in [4.78, 5) is 9.25. The maximum atomic E-state index is 11.8. The lowest BCUT2D eigenvalue weighted by Gasteiger charge is -2.49. The highest BCUT2D eigenvalue weighted by Gasteiger charge is 2.49. The van der Waals surface area contributed by atoms with Gasteiger partial charge in [-0.25, -0.2) is 9.97 Å². The Kier molecular flexibility index (Phi) is 5.36. The third-order valence-electron chi connectivity index (χ3n) is 5.48. The Morgan fingerprint density at radius 1 is 1.06 bits per heavy atom. The number of pyridine rings is 1. The van der Waals surface area contributed by atoms with Crippen LogP contribution in [0.4, 0.5) is 0 Å². The zero-order chi connectivity index (χ0) is 22.4. The number of halogens is 1. The molecule has 0 unspecified atom stereocenters. The molecule has 1 aromatic carbocycles. The van der Waals surface area contributed by atoms with Gasteiger partial charge in [-0.2, -0.15) is 0 Å². The summed E-state index contributed by atoms with van der Waals surface area (Å²) < 4.78 is 13.6. The number of ether oxygens (including phenoxy) is 2. The zero-order valence-electron chi connectivity index (χ0n) is 18.5. The first-order valence-electron chi connectivity index (χ1n) is 10.3. The first-order chi connectivity index (χ1) is 14.5. The molecule has 0 radical (unpaired) electrons. The van der Waals surface area contributed by atoms with E-state index in [-0.39, 0.29) is 0 Å². The van der Waals surface area contributed by atoms with Crippen molar-refractivity contribution in [1.82, 2.24) is 14.5 Å². The van der Waals surface area contributed by atoms with Crippen molar-refractivity contribution in [2.75, 3.05) is 7.11 Å². The molecule has 4 rings (SSSR count). The Hall–Kier alpha value is -2.41. The molecule has 1 N–H and O–H groups in total. The Morgan fingerprint density at radius 2 is 1.71 bits per heavy atom. The number of benzene rings is 1. The van der Waals surface area contributed by atoms with Crippen LogP contribution in [0, 0.1) is 0 Å². The molecule has 2 aromatic heterocycles. The minimum absolute atomic E-state index is 0.435. The van der Waals surface area contributed by atoms with Gasteiger partial charge in [-0.3, -0.25) is 4.57 Å². The van der Waals surface area contributed by atoms with E-state index in [9.17, 15) is 5.11 Å². The summed E-state index contributed by atoms with van der Waals surface area (Å²) in [7, 11) is 1.58. The minimum Gasteiger partial charge on any atom is -0.480 e. The number of nitrogens with zero attached hydrogens (tertiary/aromatic N) is 3. The van der Waals surface area contributed by atoms with Crippen LogP contribution in [0.5, 0.6) is 5.88 Å². The van der Waals surface area contributed by atoms with E-state index in [0.717, 1.165) is 11.3 Å². The largest absolute Gasteiger partial charge is 0.480 e. The van der Waals surface area contributed by atoms with Gasteiger partial charge < -0.3 is 14.6 Å². The van der Waals surface area contributed by atoms with Crippen molar-refractivity contribution >= 4 is 11.6 Å². The summed E-state index contributed by atoms with van der Waals surface area (Å²) in [6, 6.07) is 11.2. The summed E-state index contributed by atoms with van der Waals surface area (Å²) in [6.07, 6.45) is 4.44. The monoisotopic (exact) mass is 441 g/mol. The summed E-state index contributed by atoms with van der Waals surface area (Å²) >= 11 is 6.11. The molecule has 3 heterocycles. The van der Waals surface area contributed by atoms with Crippen LogP contribution in [0.1, 0.15) is 46.2 Å². The van der Waals surface area contributed by atoms with Gasteiger partial charge in [0.05, 0.1) is 29.6 Å². The molecule has 1 aliphatic rings. The molecule has 1 aliphatic heterocycles. The highest BCUT2D eigenvalue weighted by Crippen LogP contribution is 2.46. The normalized spacial score (nSPS) is 19.2. The Balaban J connectivity index is 1.90. The first kappa shape index (κ1) is 21.8. The quantitative estimate of drug-likeness (QED) is 0.606. The average Bonchev–Trinajstić information content (AvgIpc) is 3.12. The summed E-state index contributed by atoms with van der Waals surface area (Å²) in [5.74, 6) is 1.10. The molecule has 31 heavy (non-hydrogen) atoms. The number of aliphatic hydroxyl groups is 1. The van der Waals surface area contributed by atoms with Gasteiger partial charge in [-0.1, -0.05) is 11.6 Å². The fraction of sp³-hybridized carbons (Fsp3) is 0.417. The topological polar surface area (TPSA) is 69.4 Å². The molecule has 0 amide bonds. The predicted octanol–water partition coefficient (Wildman–Crippen LogP) is 5.15.